The molecule has 0 amide bonds. The van der Waals surface area contributed by atoms with Crippen molar-refractivity contribution in [2.24, 2.45) is 4.99 Å². The number of hydrogen-bond acceptors (Lipinski definition) is 5. The Hall–Kier alpha value is -3.22. The average molecular weight is 350 g/mol. The van der Waals surface area contributed by atoms with Gasteiger partial charge in [0.25, 0.3) is 5.89 Å². The van der Waals surface area contributed by atoms with Gasteiger partial charge >= 0.3 is 0 Å². The molecule has 0 aliphatic rings. The summed E-state index contributed by atoms with van der Waals surface area (Å²) in [7, 11) is 1.75. The molecule has 0 bridgehead atoms. The monoisotopic (exact) mass is 350 g/mol. The number of aromatic nitrogens is 3. The SMILES string of the molecule is CN=C(NCCc1noc(-c2ccccn2)n1)NCc1ccc(C)cc1. The second-order valence-electron chi connectivity index (χ2n) is 5.82. The molecule has 1 aromatic carbocycles. The van der Waals surface area contributed by atoms with Gasteiger partial charge in [0.2, 0.25) is 0 Å². The van der Waals surface area contributed by atoms with E-state index in [-0.39, 0.29) is 0 Å². The number of rotatable bonds is 6. The van der Waals surface area contributed by atoms with E-state index in [0.29, 0.717) is 36.9 Å². The van der Waals surface area contributed by atoms with Crippen LogP contribution in [-0.2, 0) is 13.0 Å². The number of aliphatic imine (C=N–C) groups is 1. The van der Waals surface area contributed by atoms with Crippen molar-refractivity contribution in [1.82, 2.24) is 25.8 Å². The van der Waals surface area contributed by atoms with E-state index in [0.717, 1.165) is 5.96 Å². The zero-order chi connectivity index (χ0) is 18.2. The third-order valence-corrected chi connectivity index (χ3v) is 3.80. The molecule has 26 heavy (non-hydrogen) atoms. The number of pyridine rings is 1. The largest absolute Gasteiger partial charge is 0.356 e. The first-order valence-corrected chi connectivity index (χ1v) is 8.48. The van der Waals surface area contributed by atoms with Gasteiger partial charge in [0.1, 0.15) is 5.69 Å². The summed E-state index contributed by atoms with van der Waals surface area (Å²) in [5.41, 5.74) is 3.13. The highest BCUT2D eigenvalue weighted by Gasteiger charge is 2.09. The zero-order valence-corrected chi connectivity index (χ0v) is 14.9. The van der Waals surface area contributed by atoms with Gasteiger partial charge in [-0.2, -0.15) is 4.98 Å². The second kappa shape index (κ2) is 8.75. The van der Waals surface area contributed by atoms with E-state index in [1.807, 2.05) is 18.2 Å². The Morgan fingerprint density at radius 3 is 2.69 bits per heavy atom. The molecular formula is C19H22N6O. The molecule has 2 heterocycles. The molecule has 0 unspecified atom stereocenters. The van der Waals surface area contributed by atoms with E-state index in [1.54, 1.807) is 13.2 Å². The third kappa shape index (κ3) is 4.89. The number of benzene rings is 1. The van der Waals surface area contributed by atoms with Crippen LogP contribution in [-0.4, -0.2) is 34.7 Å². The highest BCUT2D eigenvalue weighted by atomic mass is 16.5. The number of nitrogens with zero attached hydrogens (tertiary/aromatic N) is 4. The molecule has 0 saturated carbocycles. The van der Waals surface area contributed by atoms with Crippen LogP contribution in [0.1, 0.15) is 17.0 Å². The van der Waals surface area contributed by atoms with Gasteiger partial charge in [0.15, 0.2) is 11.8 Å². The van der Waals surface area contributed by atoms with Crippen molar-refractivity contribution < 1.29 is 4.52 Å². The Bertz CT molecular complexity index is 842. The normalized spacial score (nSPS) is 11.4. The highest BCUT2D eigenvalue weighted by Crippen LogP contribution is 2.13. The summed E-state index contributed by atoms with van der Waals surface area (Å²) in [5, 5.41) is 10.5. The summed E-state index contributed by atoms with van der Waals surface area (Å²) in [4.78, 5) is 12.8. The molecule has 3 rings (SSSR count). The van der Waals surface area contributed by atoms with Crippen molar-refractivity contribution in [3.05, 3.63) is 65.6 Å². The maximum Gasteiger partial charge on any atom is 0.276 e. The zero-order valence-electron chi connectivity index (χ0n) is 14.9. The molecule has 7 heteroatoms. The first kappa shape index (κ1) is 17.6. The van der Waals surface area contributed by atoms with Crippen molar-refractivity contribution in [2.75, 3.05) is 13.6 Å². The Morgan fingerprint density at radius 1 is 1.12 bits per heavy atom. The van der Waals surface area contributed by atoms with Crippen molar-refractivity contribution in [3.63, 3.8) is 0 Å². The van der Waals surface area contributed by atoms with Crippen LogP contribution in [0.15, 0.2) is 58.2 Å². The quantitative estimate of drug-likeness (QED) is 0.524. The minimum atomic E-state index is 0.433. The number of guanidine groups is 1. The minimum Gasteiger partial charge on any atom is -0.356 e. The Balaban J connectivity index is 1.46. The average Bonchev–Trinajstić information content (AvgIpc) is 3.15. The van der Waals surface area contributed by atoms with Gasteiger partial charge in [0.05, 0.1) is 0 Å². The van der Waals surface area contributed by atoms with E-state index in [1.165, 1.54) is 11.1 Å². The maximum atomic E-state index is 5.25. The van der Waals surface area contributed by atoms with Crippen molar-refractivity contribution in [1.29, 1.82) is 0 Å². The molecule has 2 aromatic heterocycles. The van der Waals surface area contributed by atoms with Crippen LogP contribution < -0.4 is 10.6 Å². The number of hydrogen-bond donors (Lipinski definition) is 2. The van der Waals surface area contributed by atoms with Crippen LogP contribution in [0.2, 0.25) is 0 Å². The Labute approximate surface area is 152 Å². The predicted molar refractivity (Wildman–Crippen MR) is 101 cm³/mol. The van der Waals surface area contributed by atoms with Gasteiger partial charge in [-0.1, -0.05) is 41.1 Å². The summed E-state index contributed by atoms with van der Waals surface area (Å²) < 4.78 is 5.25. The van der Waals surface area contributed by atoms with E-state index in [9.17, 15) is 0 Å². The van der Waals surface area contributed by atoms with Crippen LogP contribution in [0.3, 0.4) is 0 Å². The molecule has 0 spiro atoms. The predicted octanol–water partition coefficient (Wildman–Crippen LogP) is 2.35. The smallest absolute Gasteiger partial charge is 0.276 e. The molecule has 0 radical (unpaired) electrons. The molecule has 0 atom stereocenters. The first-order valence-electron chi connectivity index (χ1n) is 8.48. The first-order chi connectivity index (χ1) is 12.7. The molecule has 3 aromatic rings. The highest BCUT2D eigenvalue weighted by molar-refractivity contribution is 5.79. The molecule has 0 saturated heterocycles. The summed E-state index contributed by atoms with van der Waals surface area (Å²) in [5.74, 6) is 1.80. The van der Waals surface area contributed by atoms with Gasteiger partial charge in [-0.15, -0.1) is 0 Å². The molecule has 134 valence electrons. The van der Waals surface area contributed by atoms with Gasteiger partial charge in [0, 0.05) is 32.8 Å². The van der Waals surface area contributed by atoms with Crippen molar-refractivity contribution in [2.45, 2.75) is 19.9 Å². The summed E-state index contributed by atoms with van der Waals surface area (Å²) >= 11 is 0. The maximum absolute atomic E-state index is 5.25. The van der Waals surface area contributed by atoms with E-state index >= 15 is 0 Å². The van der Waals surface area contributed by atoms with E-state index in [2.05, 4.69) is 61.9 Å². The molecule has 7 nitrogen and oxygen atoms in total. The van der Waals surface area contributed by atoms with Crippen LogP contribution in [0.5, 0.6) is 0 Å². The minimum absolute atomic E-state index is 0.433. The fourth-order valence-electron chi connectivity index (χ4n) is 2.35. The lowest BCUT2D eigenvalue weighted by Crippen LogP contribution is -2.37. The standard InChI is InChI=1S/C19H22N6O/c1-14-6-8-15(9-7-14)13-23-19(20-2)22-12-10-17-24-18(26-25-17)16-5-3-4-11-21-16/h3-9,11H,10,12-13H2,1-2H3,(H2,20,22,23). The fourth-order valence-corrected chi connectivity index (χ4v) is 2.35. The van der Waals surface area contributed by atoms with Crippen LogP contribution in [0.25, 0.3) is 11.6 Å². The topological polar surface area (TPSA) is 88.2 Å². The summed E-state index contributed by atoms with van der Waals surface area (Å²) in [6.45, 7) is 3.44. The van der Waals surface area contributed by atoms with Crippen LogP contribution in [0.4, 0.5) is 0 Å². The molecular weight excluding hydrogens is 328 g/mol. The molecule has 0 fully saturated rings. The summed E-state index contributed by atoms with van der Waals surface area (Å²) in [6, 6.07) is 14.0. The van der Waals surface area contributed by atoms with Gasteiger partial charge in [-0.3, -0.25) is 9.98 Å². The lowest BCUT2D eigenvalue weighted by molar-refractivity contribution is 0.421. The van der Waals surface area contributed by atoms with E-state index in [4.69, 9.17) is 4.52 Å². The van der Waals surface area contributed by atoms with Crippen molar-refractivity contribution in [3.8, 4) is 11.6 Å². The number of nitrogens with one attached hydrogen (secondary N) is 2. The van der Waals surface area contributed by atoms with Gasteiger partial charge < -0.3 is 15.2 Å². The molecule has 2 N–H and O–H groups in total. The van der Waals surface area contributed by atoms with Crippen LogP contribution >= 0.6 is 0 Å². The van der Waals surface area contributed by atoms with Crippen LogP contribution in [0, 0.1) is 6.92 Å². The lowest BCUT2D eigenvalue weighted by atomic mass is 10.1. The van der Waals surface area contributed by atoms with E-state index < -0.39 is 0 Å². The Morgan fingerprint density at radius 2 is 1.96 bits per heavy atom. The molecule has 0 aliphatic carbocycles. The fraction of sp³-hybridized carbons (Fsp3) is 0.263. The molecule has 0 aliphatic heterocycles. The lowest BCUT2D eigenvalue weighted by Gasteiger charge is -2.11. The van der Waals surface area contributed by atoms with Gasteiger partial charge in [-0.05, 0) is 24.6 Å². The number of aryl methyl sites for hydroxylation is 1. The van der Waals surface area contributed by atoms with Crippen molar-refractivity contribution >= 4 is 5.96 Å². The Kier molecular flexibility index (Phi) is 5.92. The van der Waals surface area contributed by atoms with Gasteiger partial charge in [-0.25, -0.2) is 0 Å². The summed E-state index contributed by atoms with van der Waals surface area (Å²) in [6.07, 6.45) is 2.33. The second-order valence-corrected chi connectivity index (χ2v) is 5.82. The third-order valence-electron chi connectivity index (χ3n) is 3.80.